The summed E-state index contributed by atoms with van der Waals surface area (Å²) in [5.74, 6) is 2.62. The molecule has 1 amide bonds. The van der Waals surface area contributed by atoms with Crippen LogP contribution >= 0.6 is 0 Å². The second-order valence-corrected chi connectivity index (χ2v) is 8.42. The van der Waals surface area contributed by atoms with E-state index in [1.165, 1.54) is 18.4 Å². The average Bonchev–Trinajstić information content (AvgIpc) is 3.46. The summed E-state index contributed by atoms with van der Waals surface area (Å²) in [5, 5.41) is 0. The summed E-state index contributed by atoms with van der Waals surface area (Å²) in [6.45, 7) is 3.31. The molecule has 0 saturated carbocycles. The van der Waals surface area contributed by atoms with Crippen LogP contribution in [0.4, 0.5) is 0 Å². The van der Waals surface area contributed by atoms with Crippen LogP contribution in [-0.2, 0) is 7.05 Å². The highest BCUT2D eigenvalue weighted by Crippen LogP contribution is 2.48. The molecule has 4 saturated heterocycles. The van der Waals surface area contributed by atoms with Crippen molar-refractivity contribution in [3.05, 3.63) is 42.0 Å². The number of ether oxygens (including phenoxy) is 2. The van der Waals surface area contributed by atoms with E-state index >= 15 is 0 Å². The number of imidazole rings is 1. The van der Waals surface area contributed by atoms with Gasteiger partial charge in [0, 0.05) is 25.6 Å². The Morgan fingerprint density at radius 1 is 1.14 bits per heavy atom. The SMILES string of the molecule is Cn1cncc1C(=O)N1C[C@@H](c2ccc3c(c2)OCO3)[C@@H]2[C@H]1C1CCN2CC1. The largest absolute Gasteiger partial charge is 0.454 e. The Morgan fingerprint density at radius 2 is 1.96 bits per heavy atom. The molecule has 3 atom stereocenters. The van der Waals surface area contributed by atoms with Gasteiger partial charge in [-0.05, 0) is 49.5 Å². The van der Waals surface area contributed by atoms with Gasteiger partial charge in [-0.3, -0.25) is 9.69 Å². The molecule has 1 aromatic heterocycles. The van der Waals surface area contributed by atoms with E-state index in [0.717, 1.165) is 31.1 Å². The number of likely N-dealkylation sites (tertiary alicyclic amines) is 1. The monoisotopic (exact) mass is 380 g/mol. The van der Waals surface area contributed by atoms with Crippen molar-refractivity contribution in [2.75, 3.05) is 26.4 Å². The predicted molar refractivity (Wildman–Crippen MR) is 101 cm³/mol. The van der Waals surface area contributed by atoms with E-state index in [2.05, 4.69) is 26.9 Å². The van der Waals surface area contributed by atoms with Crippen molar-refractivity contribution >= 4 is 5.91 Å². The average molecular weight is 380 g/mol. The van der Waals surface area contributed by atoms with Crippen LogP contribution in [-0.4, -0.2) is 63.8 Å². The maximum atomic E-state index is 13.4. The zero-order valence-corrected chi connectivity index (χ0v) is 16.0. The number of carbonyl (C=O) groups excluding carboxylic acids is 1. The molecular weight excluding hydrogens is 356 g/mol. The van der Waals surface area contributed by atoms with Gasteiger partial charge in [-0.15, -0.1) is 0 Å². The van der Waals surface area contributed by atoms with Gasteiger partial charge < -0.3 is 18.9 Å². The molecule has 5 aliphatic heterocycles. The number of benzene rings is 1. The Labute approximate surface area is 163 Å². The molecule has 7 heteroatoms. The van der Waals surface area contributed by atoms with Gasteiger partial charge in [0.25, 0.3) is 5.91 Å². The third-order valence-electron chi connectivity index (χ3n) is 7.12. The Kier molecular flexibility index (Phi) is 3.50. The van der Waals surface area contributed by atoms with E-state index in [-0.39, 0.29) is 18.7 Å². The normalized spacial score (nSPS) is 32.6. The van der Waals surface area contributed by atoms with Gasteiger partial charge in [-0.25, -0.2) is 4.98 Å². The van der Waals surface area contributed by atoms with Gasteiger partial charge >= 0.3 is 0 Å². The molecular formula is C21H24N4O3. The van der Waals surface area contributed by atoms with Gasteiger partial charge in [0.1, 0.15) is 5.69 Å². The lowest BCUT2D eigenvalue weighted by Gasteiger charge is -2.51. The Bertz CT molecular complexity index is 933. The van der Waals surface area contributed by atoms with Gasteiger partial charge in [-0.2, -0.15) is 0 Å². The second-order valence-electron chi connectivity index (χ2n) is 8.42. The van der Waals surface area contributed by atoms with Crippen molar-refractivity contribution in [1.82, 2.24) is 19.4 Å². The summed E-state index contributed by atoms with van der Waals surface area (Å²) in [4.78, 5) is 22.3. The number of rotatable bonds is 2. The molecule has 2 bridgehead atoms. The number of hydrogen-bond donors (Lipinski definition) is 0. The summed E-state index contributed by atoms with van der Waals surface area (Å²) in [6, 6.07) is 6.93. The lowest BCUT2D eigenvalue weighted by Crippen LogP contribution is -2.60. The van der Waals surface area contributed by atoms with Crippen LogP contribution in [0.25, 0.3) is 0 Å². The van der Waals surface area contributed by atoms with Crippen molar-refractivity contribution in [2.45, 2.75) is 30.8 Å². The van der Waals surface area contributed by atoms with E-state index in [0.29, 0.717) is 23.6 Å². The van der Waals surface area contributed by atoms with Crippen LogP contribution in [0.5, 0.6) is 11.5 Å². The van der Waals surface area contributed by atoms with Crippen molar-refractivity contribution in [1.29, 1.82) is 0 Å². The summed E-state index contributed by atoms with van der Waals surface area (Å²) < 4.78 is 12.9. The summed E-state index contributed by atoms with van der Waals surface area (Å²) in [5.41, 5.74) is 1.91. The fourth-order valence-corrected chi connectivity index (χ4v) is 5.80. The fourth-order valence-electron chi connectivity index (χ4n) is 5.80. The molecule has 4 fully saturated rings. The third kappa shape index (κ3) is 2.25. The van der Waals surface area contributed by atoms with Crippen molar-refractivity contribution < 1.29 is 14.3 Å². The maximum absolute atomic E-state index is 13.4. The molecule has 0 unspecified atom stereocenters. The molecule has 7 nitrogen and oxygen atoms in total. The molecule has 6 heterocycles. The smallest absolute Gasteiger partial charge is 0.272 e. The van der Waals surface area contributed by atoms with E-state index in [4.69, 9.17) is 9.47 Å². The minimum Gasteiger partial charge on any atom is -0.454 e. The molecule has 2 aromatic rings. The molecule has 7 rings (SSSR count). The van der Waals surface area contributed by atoms with E-state index in [9.17, 15) is 4.79 Å². The molecule has 5 aliphatic rings. The lowest BCUT2D eigenvalue weighted by molar-refractivity contribution is -0.00369. The van der Waals surface area contributed by atoms with Crippen LogP contribution in [0.3, 0.4) is 0 Å². The van der Waals surface area contributed by atoms with Gasteiger partial charge in [-0.1, -0.05) is 6.07 Å². The molecule has 1 aromatic carbocycles. The lowest BCUT2D eigenvalue weighted by atomic mass is 9.75. The van der Waals surface area contributed by atoms with Crippen LogP contribution in [0, 0.1) is 5.92 Å². The van der Waals surface area contributed by atoms with E-state index in [1.54, 1.807) is 12.5 Å². The molecule has 28 heavy (non-hydrogen) atoms. The third-order valence-corrected chi connectivity index (χ3v) is 7.12. The Morgan fingerprint density at radius 3 is 2.75 bits per heavy atom. The maximum Gasteiger partial charge on any atom is 0.272 e. The standard InChI is InChI=1S/C21H24N4O3/c1-23-11-22-9-16(23)21(26)25-10-15(14-2-3-17-18(8-14)28-12-27-17)20-19(25)13-4-6-24(20)7-5-13/h2-3,8-9,11,13,15,19-20H,4-7,10,12H2,1H3/t15-,19+,20+/m0/s1. The number of hydrogen-bond acceptors (Lipinski definition) is 5. The number of piperidine rings is 3. The number of amides is 1. The summed E-state index contributed by atoms with van der Waals surface area (Å²) >= 11 is 0. The Hall–Kier alpha value is -2.54. The molecule has 0 radical (unpaired) electrons. The molecule has 0 N–H and O–H groups in total. The van der Waals surface area contributed by atoms with Crippen LogP contribution in [0.15, 0.2) is 30.7 Å². The zero-order chi connectivity index (χ0) is 18.8. The highest BCUT2D eigenvalue weighted by molar-refractivity contribution is 5.93. The first-order valence-corrected chi connectivity index (χ1v) is 10.1. The molecule has 0 aliphatic carbocycles. The van der Waals surface area contributed by atoms with Gasteiger partial charge in [0.2, 0.25) is 6.79 Å². The number of aromatic nitrogens is 2. The minimum atomic E-state index is 0.104. The number of aryl methyl sites for hydroxylation is 1. The highest BCUT2D eigenvalue weighted by Gasteiger charge is 2.55. The van der Waals surface area contributed by atoms with Crippen molar-refractivity contribution in [2.24, 2.45) is 13.0 Å². The first kappa shape index (κ1) is 16.4. The quantitative estimate of drug-likeness (QED) is 0.796. The van der Waals surface area contributed by atoms with Crippen LogP contribution < -0.4 is 9.47 Å². The topological polar surface area (TPSA) is 59.8 Å². The highest BCUT2D eigenvalue weighted by atomic mass is 16.7. The number of nitrogens with zero attached hydrogens (tertiary/aromatic N) is 4. The second kappa shape index (κ2) is 5.98. The first-order valence-electron chi connectivity index (χ1n) is 10.1. The number of carbonyl (C=O) groups is 1. The fraction of sp³-hybridized carbons (Fsp3) is 0.524. The van der Waals surface area contributed by atoms with Crippen LogP contribution in [0.1, 0.15) is 34.8 Å². The van der Waals surface area contributed by atoms with Crippen LogP contribution in [0.2, 0.25) is 0 Å². The Balaban J connectivity index is 1.39. The van der Waals surface area contributed by atoms with E-state index in [1.807, 2.05) is 17.7 Å². The van der Waals surface area contributed by atoms with E-state index < -0.39 is 0 Å². The summed E-state index contributed by atoms with van der Waals surface area (Å²) in [7, 11) is 1.89. The zero-order valence-electron chi connectivity index (χ0n) is 16.0. The summed E-state index contributed by atoms with van der Waals surface area (Å²) in [6.07, 6.45) is 5.76. The minimum absolute atomic E-state index is 0.104. The van der Waals surface area contributed by atoms with Gasteiger partial charge in [0.05, 0.1) is 18.6 Å². The van der Waals surface area contributed by atoms with Gasteiger partial charge in [0.15, 0.2) is 11.5 Å². The first-order chi connectivity index (χ1) is 13.7. The van der Waals surface area contributed by atoms with Crippen molar-refractivity contribution in [3.63, 3.8) is 0 Å². The molecule has 146 valence electrons. The molecule has 0 spiro atoms. The predicted octanol–water partition coefficient (Wildman–Crippen LogP) is 1.85. The van der Waals surface area contributed by atoms with Crippen molar-refractivity contribution in [3.8, 4) is 11.5 Å². The number of fused-ring (bicyclic) bond motifs is 3.